The van der Waals surface area contributed by atoms with Crippen LogP contribution >= 0.6 is 0 Å². The van der Waals surface area contributed by atoms with Crippen molar-refractivity contribution in [2.24, 2.45) is 5.73 Å². The molecule has 3 N–H and O–H groups in total. The van der Waals surface area contributed by atoms with Crippen LogP contribution in [0.25, 0.3) is 0 Å². The lowest BCUT2D eigenvalue weighted by Crippen LogP contribution is -2.39. The molecule has 4 heteroatoms. The highest BCUT2D eigenvalue weighted by atomic mass is 16.5. The van der Waals surface area contributed by atoms with Gasteiger partial charge in [-0.2, -0.15) is 0 Å². The fraction of sp³-hybridized carbons (Fsp3) is 0.250. The van der Waals surface area contributed by atoms with Crippen LogP contribution < -0.4 is 15.2 Å². The Hall–Kier alpha value is -2.82. The number of hydrogen-bond donors (Lipinski definition) is 2. The van der Waals surface area contributed by atoms with Gasteiger partial charge in [0.15, 0.2) is 0 Å². The van der Waals surface area contributed by atoms with Gasteiger partial charge >= 0.3 is 0 Å². The normalized spacial score (nSPS) is 12.4. The van der Waals surface area contributed by atoms with E-state index in [9.17, 15) is 5.11 Å². The molecule has 0 radical (unpaired) electrons. The third-order valence-electron chi connectivity index (χ3n) is 5.20. The van der Waals surface area contributed by atoms with Crippen molar-refractivity contribution in [1.82, 2.24) is 0 Å². The van der Waals surface area contributed by atoms with Crippen LogP contribution in [-0.4, -0.2) is 32.0 Å². The van der Waals surface area contributed by atoms with Gasteiger partial charge in [0, 0.05) is 17.7 Å². The summed E-state index contributed by atoms with van der Waals surface area (Å²) in [5.41, 5.74) is 8.89. The minimum atomic E-state index is -0.581. The van der Waals surface area contributed by atoms with Crippen LogP contribution in [0.15, 0.2) is 78.9 Å². The summed E-state index contributed by atoms with van der Waals surface area (Å²) >= 11 is 0. The van der Waals surface area contributed by atoms with E-state index in [-0.39, 0.29) is 6.61 Å². The molecule has 0 fully saturated rings. The lowest BCUT2D eigenvalue weighted by molar-refractivity contribution is 0.247. The van der Waals surface area contributed by atoms with Gasteiger partial charge < -0.3 is 20.3 Å². The molecule has 4 nitrogen and oxygen atoms in total. The largest absolute Gasteiger partial charge is 0.497 e. The van der Waals surface area contributed by atoms with E-state index in [0.29, 0.717) is 6.42 Å². The molecule has 0 aliphatic carbocycles. The molecule has 0 bridgehead atoms. The Morgan fingerprint density at radius 3 is 1.89 bits per heavy atom. The standard InChI is InChI=1S/C24H27NO3/c1-27-21-13-14-22(23(15-21)28-2)24(16-20(25)17-26,18-9-5-3-6-10-18)19-11-7-4-8-12-19/h3-15,20,26H,16-17,25H2,1-2H3. The van der Waals surface area contributed by atoms with Crippen molar-refractivity contribution in [3.05, 3.63) is 95.6 Å². The second kappa shape index (κ2) is 8.91. The van der Waals surface area contributed by atoms with Crippen molar-refractivity contribution >= 4 is 0 Å². The zero-order chi connectivity index (χ0) is 20.0. The summed E-state index contributed by atoms with van der Waals surface area (Å²) in [6.07, 6.45) is 0.528. The topological polar surface area (TPSA) is 64.7 Å². The number of aliphatic hydroxyl groups is 1. The van der Waals surface area contributed by atoms with Gasteiger partial charge in [-0.3, -0.25) is 0 Å². The van der Waals surface area contributed by atoms with Crippen LogP contribution in [0, 0.1) is 0 Å². The Kier molecular flexibility index (Phi) is 6.34. The molecule has 0 aliphatic rings. The molecule has 0 amide bonds. The molecule has 0 aliphatic heterocycles. The Morgan fingerprint density at radius 2 is 1.43 bits per heavy atom. The number of benzene rings is 3. The summed E-state index contributed by atoms with van der Waals surface area (Å²) in [4.78, 5) is 0. The van der Waals surface area contributed by atoms with Crippen LogP contribution in [-0.2, 0) is 5.41 Å². The van der Waals surface area contributed by atoms with E-state index in [1.165, 1.54) is 0 Å². The van der Waals surface area contributed by atoms with Crippen molar-refractivity contribution in [2.75, 3.05) is 20.8 Å². The SMILES string of the molecule is COc1ccc(C(CC(N)CO)(c2ccccc2)c2ccccc2)c(OC)c1. The van der Waals surface area contributed by atoms with E-state index in [2.05, 4.69) is 24.3 Å². The molecular weight excluding hydrogens is 350 g/mol. The molecule has 146 valence electrons. The summed E-state index contributed by atoms with van der Waals surface area (Å²) in [7, 11) is 3.29. The zero-order valence-electron chi connectivity index (χ0n) is 16.3. The second-order valence-corrected chi connectivity index (χ2v) is 6.85. The molecule has 0 spiro atoms. The van der Waals surface area contributed by atoms with Crippen LogP contribution in [0.3, 0.4) is 0 Å². The number of methoxy groups -OCH3 is 2. The maximum atomic E-state index is 9.77. The first-order chi connectivity index (χ1) is 13.7. The molecule has 0 saturated heterocycles. The number of aliphatic hydroxyl groups excluding tert-OH is 1. The summed E-state index contributed by atoms with van der Waals surface area (Å²) in [6.45, 7) is -0.0973. The quantitative estimate of drug-likeness (QED) is 0.587. The third kappa shape index (κ3) is 3.75. The second-order valence-electron chi connectivity index (χ2n) is 6.85. The maximum absolute atomic E-state index is 9.77. The highest BCUT2D eigenvalue weighted by molar-refractivity contribution is 5.57. The Balaban J connectivity index is 2.36. The molecule has 0 aromatic heterocycles. The summed E-state index contributed by atoms with van der Waals surface area (Å²) < 4.78 is 11.2. The first kappa shape index (κ1) is 19.9. The van der Waals surface area contributed by atoms with E-state index < -0.39 is 11.5 Å². The van der Waals surface area contributed by atoms with E-state index in [4.69, 9.17) is 15.2 Å². The van der Waals surface area contributed by atoms with Gasteiger partial charge in [0.05, 0.1) is 26.2 Å². The first-order valence-corrected chi connectivity index (χ1v) is 9.35. The summed E-state index contributed by atoms with van der Waals surface area (Å²) in [5, 5.41) is 9.77. The van der Waals surface area contributed by atoms with Gasteiger partial charge in [-0.05, 0) is 23.6 Å². The molecule has 3 rings (SSSR count). The lowest BCUT2D eigenvalue weighted by Gasteiger charge is -2.38. The van der Waals surface area contributed by atoms with Gasteiger partial charge in [0.1, 0.15) is 11.5 Å². The van der Waals surface area contributed by atoms with E-state index >= 15 is 0 Å². The first-order valence-electron chi connectivity index (χ1n) is 9.35. The number of hydrogen-bond acceptors (Lipinski definition) is 4. The van der Waals surface area contributed by atoms with E-state index in [1.54, 1.807) is 14.2 Å². The molecule has 1 atom stereocenters. The predicted octanol–water partition coefficient (Wildman–Crippen LogP) is 3.75. The van der Waals surface area contributed by atoms with Crippen molar-refractivity contribution in [3.63, 3.8) is 0 Å². The fourth-order valence-corrected chi connectivity index (χ4v) is 3.88. The summed E-state index contributed by atoms with van der Waals surface area (Å²) in [6, 6.07) is 25.9. The number of nitrogens with two attached hydrogens (primary N) is 1. The monoisotopic (exact) mass is 377 g/mol. The Bertz CT molecular complexity index is 841. The third-order valence-corrected chi connectivity index (χ3v) is 5.20. The van der Waals surface area contributed by atoms with Crippen molar-refractivity contribution in [1.29, 1.82) is 0 Å². The molecule has 0 saturated carbocycles. The smallest absolute Gasteiger partial charge is 0.126 e. The van der Waals surface area contributed by atoms with Gasteiger partial charge in [-0.15, -0.1) is 0 Å². The van der Waals surface area contributed by atoms with Crippen LogP contribution in [0.4, 0.5) is 0 Å². The van der Waals surface area contributed by atoms with E-state index in [0.717, 1.165) is 28.2 Å². The summed E-state index contributed by atoms with van der Waals surface area (Å²) in [5.74, 6) is 1.44. The van der Waals surface area contributed by atoms with E-state index in [1.807, 2.05) is 54.6 Å². The van der Waals surface area contributed by atoms with Gasteiger partial charge in [0.25, 0.3) is 0 Å². The highest BCUT2D eigenvalue weighted by Gasteiger charge is 2.40. The fourth-order valence-electron chi connectivity index (χ4n) is 3.88. The predicted molar refractivity (Wildman–Crippen MR) is 112 cm³/mol. The molecule has 28 heavy (non-hydrogen) atoms. The molecule has 3 aromatic carbocycles. The molecule has 3 aromatic rings. The van der Waals surface area contributed by atoms with Crippen LogP contribution in [0.1, 0.15) is 23.1 Å². The average Bonchev–Trinajstić information content (AvgIpc) is 2.78. The van der Waals surface area contributed by atoms with Gasteiger partial charge in [0.2, 0.25) is 0 Å². The highest BCUT2D eigenvalue weighted by Crippen LogP contribution is 2.47. The average molecular weight is 377 g/mol. The number of rotatable bonds is 8. The molecule has 1 unspecified atom stereocenters. The van der Waals surface area contributed by atoms with Crippen molar-refractivity contribution in [3.8, 4) is 11.5 Å². The maximum Gasteiger partial charge on any atom is 0.126 e. The van der Waals surface area contributed by atoms with Crippen molar-refractivity contribution in [2.45, 2.75) is 17.9 Å². The van der Waals surface area contributed by atoms with Crippen LogP contribution in [0.2, 0.25) is 0 Å². The zero-order valence-corrected chi connectivity index (χ0v) is 16.3. The van der Waals surface area contributed by atoms with Gasteiger partial charge in [-0.1, -0.05) is 66.7 Å². The minimum Gasteiger partial charge on any atom is -0.497 e. The lowest BCUT2D eigenvalue weighted by atomic mass is 9.65. The Morgan fingerprint density at radius 1 is 0.857 bits per heavy atom. The van der Waals surface area contributed by atoms with Crippen molar-refractivity contribution < 1.29 is 14.6 Å². The Labute approximate surface area is 166 Å². The molecular formula is C24H27NO3. The molecule has 0 heterocycles. The number of ether oxygens (including phenoxy) is 2. The van der Waals surface area contributed by atoms with Gasteiger partial charge in [-0.25, -0.2) is 0 Å². The van der Waals surface area contributed by atoms with Crippen LogP contribution in [0.5, 0.6) is 11.5 Å². The minimum absolute atomic E-state index is 0.0973.